The molecule has 0 aliphatic carbocycles. The Balaban J connectivity index is 2.92. The van der Waals surface area contributed by atoms with Gasteiger partial charge in [0.1, 0.15) is 5.82 Å². The molecule has 16 heavy (non-hydrogen) atoms. The van der Waals surface area contributed by atoms with Crippen molar-refractivity contribution >= 4 is 5.97 Å². The van der Waals surface area contributed by atoms with Gasteiger partial charge < -0.3 is 9.84 Å². The standard InChI is InChI=1S/C12H15FO3/c1-3-16-12(2,11(14)15)8-9-6-4-5-7-10(9)13/h4-7H,3,8H2,1-2H3,(H,14,15). The topological polar surface area (TPSA) is 46.5 Å². The number of aliphatic carboxylic acids is 1. The van der Waals surface area contributed by atoms with Crippen molar-refractivity contribution in [2.75, 3.05) is 6.61 Å². The zero-order valence-corrected chi connectivity index (χ0v) is 9.37. The highest BCUT2D eigenvalue weighted by Gasteiger charge is 2.34. The van der Waals surface area contributed by atoms with E-state index in [1.54, 1.807) is 25.1 Å². The Hall–Kier alpha value is -1.42. The lowest BCUT2D eigenvalue weighted by molar-refractivity contribution is -0.163. The third-order valence-corrected chi connectivity index (χ3v) is 2.40. The van der Waals surface area contributed by atoms with E-state index in [4.69, 9.17) is 9.84 Å². The van der Waals surface area contributed by atoms with E-state index < -0.39 is 17.4 Å². The predicted octanol–water partition coefficient (Wildman–Crippen LogP) is 2.25. The summed E-state index contributed by atoms with van der Waals surface area (Å²) in [4.78, 5) is 11.1. The van der Waals surface area contributed by atoms with Crippen molar-refractivity contribution in [3.8, 4) is 0 Å². The Morgan fingerprint density at radius 2 is 2.12 bits per heavy atom. The molecule has 0 spiro atoms. The van der Waals surface area contributed by atoms with Crippen LogP contribution < -0.4 is 0 Å². The first-order chi connectivity index (χ1) is 7.49. The van der Waals surface area contributed by atoms with Gasteiger partial charge in [-0.2, -0.15) is 0 Å². The number of halogens is 1. The minimum Gasteiger partial charge on any atom is -0.479 e. The number of hydrogen-bond donors (Lipinski definition) is 1. The molecule has 0 fully saturated rings. The van der Waals surface area contributed by atoms with E-state index in [0.29, 0.717) is 5.56 Å². The van der Waals surface area contributed by atoms with Crippen LogP contribution in [0.4, 0.5) is 4.39 Å². The van der Waals surface area contributed by atoms with E-state index in [1.165, 1.54) is 13.0 Å². The zero-order chi connectivity index (χ0) is 12.2. The van der Waals surface area contributed by atoms with Crippen LogP contribution in [0.5, 0.6) is 0 Å². The van der Waals surface area contributed by atoms with Crippen LogP contribution in [0.15, 0.2) is 24.3 Å². The number of carbonyl (C=O) groups is 1. The van der Waals surface area contributed by atoms with Crippen molar-refractivity contribution in [2.45, 2.75) is 25.9 Å². The molecule has 0 amide bonds. The fourth-order valence-electron chi connectivity index (χ4n) is 1.51. The molecule has 88 valence electrons. The van der Waals surface area contributed by atoms with Gasteiger partial charge in [-0.05, 0) is 25.5 Å². The van der Waals surface area contributed by atoms with E-state index in [1.807, 2.05) is 0 Å². The summed E-state index contributed by atoms with van der Waals surface area (Å²) >= 11 is 0. The number of hydrogen-bond acceptors (Lipinski definition) is 2. The van der Waals surface area contributed by atoms with E-state index >= 15 is 0 Å². The van der Waals surface area contributed by atoms with E-state index in [9.17, 15) is 9.18 Å². The normalized spacial score (nSPS) is 14.4. The highest BCUT2D eigenvalue weighted by molar-refractivity contribution is 5.77. The average Bonchev–Trinajstić information content (AvgIpc) is 2.21. The smallest absolute Gasteiger partial charge is 0.336 e. The summed E-state index contributed by atoms with van der Waals surface area (Å²) < 4.78 is 18.6. The third-order valence-electron chi connectivity index (χ3n) is 2.40. The van der Waals surface area contributed by atoms with Crippen molar-refractivity contribution in [1.82, 2.24) is 0 Å². The number of carboxylic acid groups (broad SMARTS) is 1. The molecule has 0 radical (unpaired) electrons. The van der Waals surface area contributed by atoms with Gasteiger partial charge in [-0.1, -0.05) is 18.2 Å². The lowest BCUT2D eigenvalue weighted by atomic mass is 9.96. The fourth-order valence-corrected chi connectivity index (χ4v) is 1.51. The summed E-state index contributed by atoms with van der Waals surface area (Å²) in [7, 11) is 0. The Bertz CT molecular complexity index is 378. The average molecular weight is 226 g/mol. The van der Waals surface area contributed by atoms with Gasteiger partial charge in [0.2, 0.25) is 0 Å². The van der Waals surface area contributed by atoms with Crippen LogP contribution in [0.25, 0.3) is 0 Å². The van der Waals surface area contributed by atoms with Crippen LogP contribution in [-0.2, 0) is 16.0 Å². The molecule has 1 atom stereocenters. The second-order valence-electron chi connectivity index (χ2n) is 3.74. The third kappa shape index (κ3) is 2.79. The van der Waals surface area contributed by atoms with Gasteiger partial charge in [0, 0.05) is 13.0 Å². The first-order valence-corrected chi connectivity index (χ1v) is 5.10. The maximum atomic E-state index is 13.4. The molecule has 1 rings (SSSR count). The molecule has 1 N–H and O–H groups in total. The summed E-state index contributed by atoms with van der Waals surface area (Å²) in [6.07, 6.45) is 0.0167. The van der Waals surface area contributed by atoms with Crippen molar-refractivity contribution in [1.29, 1.82) is 0 Å². The maximum absolute atomic E-state index is 13.4. The highest BCUT2D eigenvalue weighted by Crippen LogP contribution is 2.20. The molecule has 0 saturated heterocycles. The molecule has 1 aromatic rings. The van der Waals surface area contributed by atoms with Gasteiger partial charge in [-0.3, -0.25) is 0 Å². The van der Waals surface area contributed by atoms with Gasteiger partial charge in [0.15, 0.2) is 5.60 Å². The number of ether oxygens (including phenoxy) is 1. The van der Waals surface area contributed by atoms with Gasteiger partial charge in [0.25, 0.3) is 0 Å². The number of carboxylic acids is 1. The van der Waals surface area contributed by atoms with Gasteiger partial charge in [-0.15, -0.1) is 0 Å². The molecule has 4 heteroatoms. The zero-order valence-electron chi connectivity index (χ0n) is 9.37. The Morgan fingerprint density at radius 3 is 2.62 bits per heavy atom. The molecule has 0 aliphatic rings. The molecule has 0 heterocycles. The largest absolute Gasteiger partial charge is 0.479 e. The van der Waals surface area contributed by atoms with E-state index in [0.717, 1.165) is 0 Å². The highest BCUT2D eigenvalue weighted by atomic mass is 19.1. The molecule has 0 aromatic heterocycles. The van der Waals surface area contributed by atoms with Gasteiger partial charge >= 0.3 is 5.97 Å². The Labute approximate surface area is 93.9 Å². The van der Waals surface area contributed by atoms with Crippen molar-refractivity contribution in [3.05, 3.63) is 35.6 Å². The summed E-state index contributed by atoms with van der Waals surface area (Å²) in [5.41, 5.74) is -1.03. The van der Waals surface area contributed by atoms with Crippen LogP contribution in [0, 0.1) is 5.82 Å². The van der Waals surface area contributed by atoms with Crippen LogP contribution in [0.1, 0.15) is 19.4 Å². The number of rotatable bonds is 5. The minimum atomic E-state index is -1.38. The summed E-state index contributed by atoms with van der Waals surface area (Å²) in [5.74, 6) is -1.49. The maximum Gasteiger partial charge on any atom is 0.336 e. The summed E-state index contributed by atoms with van der Waals surface area (Å²) in [6.45, 7) is 3.44. The predicted molar refractivity (Wildman–Crippen MR) is 57.8 cm³/mol. The van der Waals surface area contributed by atoms with Gasteiger partial charge in [0.05, 0.1) is 0 Å². The SMILES string of the molecule is CCOC(C)(Cc1ccccc1F)C(=O)O. The van der Waals surface area contributed by atoms with Crippen LogP contribution >= 0.6 is 0 Å². The minimum absolute atomic E-state index is 0.0167. The van der Waals surface area contributed by atoms with E-state index in [2.05, 4.69) is 0 Å². The molecule has 0 aliphatic heterocycles. The second-order valence-corrected chi connectivity index (χ2v) is 3.74. The van der Waals surface area contributed by atoms with Crippen molar-refractivity contribution < 1.29 is 19.0 Å². The molecule has 1 unspecified atom stereocenters. The van der Waals surface area contributed by atoms with Gasteiger partial charge in [-0.25, -0.2) is 9.18 Å². The molecule has 3 nitrogen and oxygen atoms in total. The summed E-state index contributed by atoms with van der Waals surface area (Å²) in [5, 5.41) is 9.07. The molecule has 1 aromatic carbocycles. The van der Waals surface area contributed by atoms with Crippen LogP contribution in [0.2, 0.25) is 0 Å². The first kappa shape index (κ1) is 12.6. The lowest BCUT2D eigenvalue weighted by Gasteiger charge is -2.24. The Morgan fingerprint density at radius 1 is 1.50 bits per heavy atom. The van der Waals surface area contributed by atoms with Crippen LogP contribution in [0.3, 0.4) is 0 Å². The van der Waals surface area contributed by atoms with Crippen molar-refractivity contribution in [3.63, 3.8) is 0 Å². The molecular weight excluding hydrogens is 211 g/mol. The monoisotopic (exact) mass is 226 g/mol. The van der Waals surface area contributed by atoms with Crippen molar-refractivity contribution in [2.24, 2.45) is 0 Å². The van der Waals surface area contributed by atoms with Crippen LogP contribution in [-0.4, -0.2) is 23.3 Å². The van der Waals surface area contributed by atoms with E-state index in [-0.39, 0.29) is 13.0 Å². The number of benzene rings is 1. The second kappa shape index (κ2) is 5.07. The lowest BCUT2D eigenvalue weighted by Crippen LogP contribution is -2.40. The molecule has 0 bridgehead atoms. The molecule has 0 saturated carbocycles. The fraction of sp³-hybridized carbons (Fsp3) is 0.417. The molecular formula is C12H15FO3. The first-order valence-electron chi connectivity index (χ1n) is 5.10. The summed E-state index contributed by atoms with van der Waals surface area (Å²) in [6, 6.07) is 6.11. The quantitative estimate of drug-likeness (QED) is 0.837. The Kier molecular flexibility index (Phi) is 4.01.